The minimum atomic E-state index is -0.375. The molecule has 0 atom stereocenters. The second-order valence-electron chi connectivity index (χ2n) is 7.37. The Bertz CT molecular complexity index is 966. The lowest BCUT2D eigenvalue weighted by Gasteiger charge is -2.36. The zero-order valence-corrected chi connectivity index (χ0v) is 16.9. The van der Waals surface area contributed by atoms with Gasteiger partial charge in [-0.1, -0.05) is 30.3 Å². The Kier molecular flexibility index (Phi) is 6.39. The summed E-state index contributed by atoms with van der Waals surface area (Å²) in [4.78, 5) is 17.2. The van der Waals surface area contributed by atoms with Crippen molar-refractivity contribution in [1.29, 1.82) is 0 Å². The molecule has 1 saturated heterocycles. The van der Waals surface area contributed by atoms with Gasteiger partial charge in [0, 0.05) is 44.6 Å². The normalized spacial score (nSPS) is 14.6. The highest BCUT2D eigenvalue weighted by molar-refractivity contribution is 5.92. The molecule has 0 spiro atoms. The summed E-state index contributed by atoms with van der Waals surface area (Å²) in [5, 5.41) is 7.10. The maximum absolute atomic E-state index is 13.9. The highest BCUT2D eigenvalue weighted by atomic mass is 19.1. The first-order valence-electron chi connectivity index (χ1n) is 10.3. The SMILES string of the molecule is O=C(NCCCN1CCN(c2ccccc2)CC1)c1ccn(-c2ccccc2F)n1. The molecule has 1 aliphatic heterocycles. The maximum atomic E-state index is 13.9. The monoisotopic (exact) mass is 407 g/mol. The van der Waals surface area contributed by atoms with Crippen LogP contribution >= 0.6 is 0 Å². The van der Waals surface area contributed by atoms with E-state index < -0.39 is 0 Å². The second-order valence-corrected chi connectivity index (χ2v) is 7.37. The lowest BCUT2D eigenvalue weighted by molar-refractivity contribution is 0.0946. The van der Waals surface area contributed by atoms with Gasteiger partial charge in [-0.2, -0.15) is 5.10 Å². The third kappa shape index (κ3) is 4.86. The van der Waals surface area contributed by atoms with Gasteiger partial charge in [-0.25, -0.2) is 9.07 Å². The topological polar surface area (TPSA) is 53.4 Å². The summed E-state index contributed by atoms with van der Waals surface area (Å²) in [5.41, 5.74) is 1.89. The summed E-state index contributed by atoms with van der Waals surface area (Å²) >= 11 is 0. The molecule has 1 fully saturated rings. The van der Waals surface area contributed by atoms with Gasteiger partial charge in [0.25, 0.3) is 5.91 Å². The van der Waals surface area contributed by atoms with Crippen molar-refractivity contribution < 1.29 is 9.18 Å². The minimum Gasteiger partial charge on any atom is -0.369 e. The number of amides is 1. The van der Waals surface area contributed by atoms with Gasteiger partial charge in [0.15, 0.2) is 5.69 Å². The predicted octanol–water partition coefficient (Wildman–Crippen LogP) is 2.95. The maximum Gasteiger partial charge on any atom is 0.271 e. The van der Waals surface area contributed by atoms with Crippen molar-refractivity contribution in [3.05, 3.63) is 78.4 Å². The average molecular weight is 407 g/mol. The highest BCUT2D eigenvalue weighted by Crippen LogP contribution is 2.15. The van der Waals surface area contributed by atoms with Gasteiger partial charge in [0.05, 0.1) is 0 Å². The number of rotatable bonds is 7. The first-order chi connectivity index (χ1) is 14.7. The van der Waals surface area contributed by atoms with Crippen LogP contribution in [-0.2, 0) is 0 Å². The van der Waals surface area contributed by atoms with Gasteiger partial charge in [-0.05, 0) is 43.3 Å². The molecule has 7 heteroatoms. The number of piperazine rings is 1. The zero-order chi connectivity index (χ0) is 20.8. The third-order valence-corrected chi connectivity index (χ3v) is 5.35. The molecule has 1 amide bonds. The number of carbonyl (C=O) groups excluding carboxylic acids is 1. The van der Waals surface area contributed by atoms with E-state index in [0.717, 1.165) is 39.1 Å². The van der Waals surface area contributed by atoms with Crippen LogP contribution in [0, 0.1) is 5.82 Å². The first-order valence-corrected chi connectivity index (χ1v) is 10.3. The van der Waals surface area contributed by atoms with E-state index in [-0.39, 0.29) is 17.4 Å². The highest BCUT2D eigenvalue weighted by Gasteiger charge is 2.17. The average Bonchev–Trinajstić information content (AvgIpc) is 3.28. The van der Waals surface area contributed by atoms with E-state index in [2.05, 4.69) is 44.5 Å². The molecule has 6 nitrogen and oxygen atoms in total. The number of halogens is 1. The number of hydrogen-bond donors (Lipinski definition) is 1. The van der Waals surface area contributed by atoms with Crippen LogP contribution in [0.25, 0.3) is 5.69 Å². The molecule has 1 N–H and O–H groups in total. The van der Waals surface area contributed by atoms with E-state index >= 15 is 0 Å². The number of para-hydroxylation sites is 2. The Labute approximate surface area is 175 Å². The Morgan fingerprint density at radius 1 is 0.967 bits per heavy atom. The third-order valence-electron chi connectivity index (χ3n) is 5.35. The smallest absolute Gasteiger partial charge is 0.271 e. The molecule has 0 aliphatic carbocycles. The van der Waals surface area contributed by atoms with Crippen molar-refractivity contribution in [2.24, 2.45) is 0 Å². The molecule has 30 heavy (non-hydrogen) atoms. The van der Waals surface area contributed by atoms with Gasteiger partial charge >= 0.3 is 0 Å². The molecule has 0 unspecified atom stereocenters. The molecule has 2 aromatic carbocycles. The van der Waals surface area contributed by atoms with Crippen LogP contribution in [0.5, 0.6) is 0 Å². The number of aromatic nitrogens is 2. The summed E-state index contributed by atoms with van der Waals surface area (Å²) in [6.45, 7) is 5.62. The van der Waals surface area contributed by atoms with Crippen LogP contribution < -0.4 is 10.2 Å². The fourth-order valence-electron chi connectivity index (χ4n) is 3.68. The molecule has 0 bridgehead atoms. The Balaban J connectivity index is 1.19. The molecule has 2 heterocycles. The predicted molar refractivity (Wildman–Crippen MR) is 116 cm³/mol. The van der Waals surface area contributed by atoms with E-state index in [0.29, 0.717) is 12.2 Å². The van der Waals surface area contributed by atoms with Crippen LogP contribution in [0.4, 0.5) is 10.1 Å². The van der Waals surface area contributed by atoms with Gasteiger partial charge in [-0.15, -0.1) is 0 Å². The number of carbonyl (C=O) groups is 1. The number of benzene rings is 2. The van der Waals surface area contributed by atoms with Crippen molar-refractivity contribution >= 4 is 11.6 Å². The van der Waals surface area contributed by atoms with E-state index in [9.17, 15) is 9.18 Å². The number of anilines is 1. The lowest BCUT2D eigenvalue weighted by Crippen LogP contribution is -2.47. The van der Waals surface area contributed by atoms with E-state index in [1.807, 2.05) is 6.07 Å². The molecule has 1 aliphatic rings. The number of nitrogens with zero attached hydrogens (tertiary/aromatic N) is 4. The van der Waals surface area contributed by atoms with Crippen molar-refractivity contribution in [3.8, 4) is 5.69 Å². The fraction of sp³-hybridized carbons (Fsp3) is 0.304. The molecule has 156 valence electrons. The van der Waals surface area contributed by atoms with Crippen molar-refractivity contribution in [1.82, 2.24) is 20.0 Å². The van der Waals surface area contributed by atoms with E-state index in [4.69, 9.17) is 0 Å². The van der Waals surface area contributed by atoms with Crippen LogP contribution in [0.1, 0.15) is 16.9 Å². The summed E-state index contributed by atoms with van der Waals surface area (Å²) in [5.74, 6) is -0.612. The summed E-state index contributed by atoms with van der Waals surface area (Å²) in [6, 6.07) is 18.4. The van der Waals surface area contributed by atoms with Gasteiger partial charge in [0.1, 0.15) is 11.5 Å². The minimum absolute atomic E-state index is 0.237. The Hall–Kier alpha value is -3.19. The lowest BCUT2D eigenvalue weighted by atomic mass is 10.2. The summed E-state index contributed by atoms with van der Waals surface area (Å²) < 4.78 is 15.2. The van der Waals surface area contributed by atoms with Gasteiger partial charge < -0.3 is 10.2 Å². The summed E-state index contributed by atoms with van der Waals surface area (Å²) in [6.07, 6.45) is 2.48. The quantitative estimate of drug-likeness (QED) is 0.612. The molecule has 3 aromatic rings. The van der Waals surface area contributed by atoms with E-state index in [1.165, 1.54) is 16.4 Å². The molecule has 0 saturated carbocycles. The Morgan fingerprint density at radius 2 is 1.70 bits per heavy atom. The molecule has 4 rings (SSSR count). The van der Waals surface area contributed by atoms with Crippen molar-refractivity contribution in [2.75, 3.05) is 44.2 Å². The fourth-order valence-corrected chi connectivity index (χ4v) is 3.68. The standard InChI is InChI=1S/C23H26FN5O/c24-20-9-4-5-10-22(20)29-14-11-21(26-29)23(30)25-12-6-13-27-15-17-28(18-16-27)19-7-2-1-3-8-19/h1-5,7-11,14H,6,12-13,15-18H2,(H,25,30). The van der Waals surface area contributed by atoms with Crippen LogP contribution in [0.2, 0.25) is 0 Å². The number of hydrogen-bond acceptors (Lipinski definition) is 4. The zero-order valence-electron chi connectivity index (χ0n) is 16.9. The molecular weight excluding hydrogens is 381 g/mol. The molecular formula is C23H26FN5O. The largest absolute Gasteiger partial charge is 0.369 e. The van der Waals surface area contributed by atoms with Crippen molar-refractivity contribution in [2.45, 2.75) is 6.42 Å². The van der Waals surface area contributed by atoms with Crippen LogP contribution in [0.3, 0.4) is 0 Å². The van der Waals surface area contributed by atoms with Crippen molar-refractivity contribution in [3.63, 3.8) is 0 Å². The van der Waals surface area contributed by atoms with Crippen LogP contribution in [-0.4, -0.2) is 59.9 Å². The van der Waals surface area contributed by atoms with Crippen LogP contribution in [0.15, 0.2) is 66.9 Å². The second kappa shape index (κ2) is 9.54. The van der Waals surface area contributed by atoms with E-state index in [1.54, 1.807) is 30.5 Å². The van der Waals surface area contributed by atoms with Gasteiger partial charge in [0.2, 0.25) is 0 Å². The molecule has 1 aromatic heterocycles. The van der Waals surface area contributed by atoms with Gasteiger partial charge in [-0.3, -0.25) is 9.69 Å². The summed E-state index contributed by atoms with van der Waals surface area (Å²) in [7, 11) is 0. The Morgan fingerprint density at radius 3 is 2.47 bits per heavy atom. The molecule has 0 radical (unpaired) electrons. The number of nitrogens with one attached hydrogen (secondary N) is 1. The first kappa shape index (κ1) is 20.1.